The van der Waals surface area contributed by atoms with E-state index in [1.807, 2.05) is 48.0 Å². The molecule has 0 saturated heterocycles. The number of benzene rings is 2. The maximum absolute atomic E-state index is 12.2. The lowest BCUT2D eigenvalue weighted by atomic mass is 10.1. The van der Waals surface area contributed by atoms with Crippen LogP contribution in [0.1, 0.15) is 28.9 Å². The maximum Gasteiger partial charge on any atom is 0.252 e. The molecular formula is C20H19BrN4O2. The van der Waals surface area contributed by atoms with Crippen LogP contribution in [-0.2, 0) is 4.79 Å². The van der Waals surface area contributed by atoms with E-state index in [1.165, 1.54) is 0 Å². The van der Waals surface area contributed by atoms with Crippen LogP contribution < -0.4 is 10.6 Å². The summed E-state index contributed by atoms with van der Waals surface area (Å²) < 4.78 is 2.60. The van der Waals surface area contributed by atoms with Gasteiger partial charge in [0.05, 0.1) is 24.5 Å². The third-order valence-corrected chi connectivity index (χ3v) is 4.79. The van der Waals surface area contributed by atoms with Crippen molar-refractivity contribution in [2.75, 3.05) is 6.54 Å². The third-order valence-electron chi connectivity index (χ3n) is 4.10. The van der Waals surface area contributed by atoms with Crippen molar-refractivity contribution in [3.05, 3.63) is 82.9 Å². The lowest BCUT2D eigenvalue weighted by Crippen LogP contribution is -2.38. The van der Waals surface area contributed by atoms with Crippen LogP contribution in [0.15, 0.2) is 71.7 Å². The molecule has 0 aliphatic carbocycles. The Balaban J connectivity index is 1.53. The molecular weight excluding hydrogens is 408 g/mol. The van der Waals surface area contributed by atoms with Gasteiger partial charge in [0.15, 0.2) is 0 Å². The Hall–Kier alpha value is -2.93. The van der Waals surface area contributed by atoms with E-state index in [2.05, 4.69) is 31.5 Å². The fourth-order valence-electron chi connectivity index (χ4n) is 2.62. The molecule has 0 saturated carbocycles. The quantitative estimate of drug-likeness (QED) is 0.634. The zero-order valence-corrected chi connectivity index (χ0v) is 16.3. The number of carbonyl (C=O) groups is 2. The normalized spacial score (nSPS) is 11.6. The van der Waals surface area contributed by atoms with Crippen LogP contribution in [0.2, 0.25) is 0 Å². The summed E-state index contributed by atoms with van der Waals surface area (Å²) in [5.41, 5.74) is 2.47. The molecule has 2 aromatic carbocycles. The van der Waals surface area contributed by atoms with E-state index in [1.54, 1.807) is 30.7 Å². The molecule has 3 rings (SSSR count). The molecule has 2 amide bonds. The molecule has 0 radical (unpaired) electrons. The van der Waals surface area contributed by atoms with Gasteiger partial charge in [-0.15, -0.1) is 0 Å². The molecule has 0 spiro atoms. The minimum absolute atomic E-state index is 0.0857. The second-order valence-electron chi connectivity index (χ2n) is 6.01. The number of aromatic nitrogens is 2. The van der Waals surface area contributed by atoms with Crippen LogP contribution in [0, 0.1) is 0 Å². The summed E-state index contributed by atoms with van der Waals surface area (Å²) >= 11 is 3.33. The summed E-state index contributed by atoms with van der Waals surface area (Å²) in [6.07, 6.45) is 5.32. The molecule has 27 heavy (non-hydrogen) atoms. The number of imidazole rings is 1. The predicted molar refractivity (Wildman–Crippen MR) is 107 cm³/mol. The zero-order valence-electron chi connectivity index (χ0n) is 14.7. The van der Waals surface area contributed by atoms with Gasteiger partial charge in [0.2, 0.25) is 5.91 Å². The number of nitrogens with one attached hydrogen (secondary N) is 2. The molecule has 1 unspecified atom stereocenters. The first kappa shape index (κ1) is 18.8. The van der Waals surface area contributed by atoms with Crippen LogP contribution >= 0.6 is 15.9 Å². The highest BCUT2D eigenvalue weighted by Crippen LogP contribution is 2.16. The Labute approximate surface area is 165 Å². The standard InChI is InChI=1S/C20H19BrN4O2/c1-14(15-6-8-16(9-7-15)25-11-10-22-13-25)24-19(26)12-23-20(27)17-4-2-3-5-18(17)21/h2-11,13-14H,12H2,1H3,(H,23,27)(H,24,26). The summed E-state index contributed by atoms with van der Waals surface area (Å²) in [6, 6.07) is 14.8. The lowest BCUT2D eigenvalue weighted by Gasteiger charge is -2.15. The average molecular weight is 427 g/mol. The van der Waals surface area contributed by atoms with Gasteiger partial charge in [-0.2, -0.15) is 0 Å². The van der Waals surface area contributed by atoms with Crippen molar-refractivity contribution in [2.45, 2.75) is 13.0 Å². The van der Waals surface area contributed by atoms with E-state index < -0.39 is 0 Å². The van der Waals surface area contributed by atoms with Gasteiger partial charge in [-0.25, -0.2) is 4.98 Å². The monoisotopic (exact) mass is 426 g/mol. The Kier molecular flexibility index (Phi) is 6.03. The van der Waals surface area contributed by atoms with Gasteiger partial charge in [0.1, 0.15) is 0 Å². The Bertz CT molecular complexity index is 923. The van der Waals surface area contributed by atoms with E-state index in [0.717, 1.165) is 11.3 Å². The molecule has 3 aromatic rings. The van der Waals surface area contributed by atoms with Gasteiger partial charge in [0, 0.05) is 22.6 Å². The smallest absolute Gasteiger partial charge is 0.252 e. The van der Waals surface area contributed by atoms with Gasteiger partial charge in [-0.1, -0.05) is 24.3 Å². The summed E-state index contributed by atoms with van der Waals surface area (Å²) in [5, 5.41) is 5.52. The second kappa shape index (κ2) is 8.64. The van der Waals surface area contributed by atoms with Crippen LogP contribution in [0.4, 0.5) is 0 Å². The number of hydrogen-bond donors (Lipinski definition) is 2. The van der Waals surface area contributed by atoms with E-state index in [9.17, 15) is 9.59 Å². The van der Waals surface area contributed by atoms with Crippen molar-refractivity contribution < 1.29 is 9.59 Å². The van der Waals surface area contributed by atoms with E-state index in [-0.39, 0.29) is 24.4 Å². The van der Waals surface area contributed by atoms with Crippen LogP contribution in [0.3, 0.4) is 0 Å². The summed E-state index contributed by atoms with van der Waals surface area (Å²) in [6.45, 7) is 1.82. The van der Waals surface area contributed by atoms with Gasteiger partial charge in [-0.05, 0) is 52.7 Å². The van der Waals surface area contributed by atoms with Crippen molar-refractivity contribution in [3.63, 3.8) is 0 Å². The van der Waals surface area contributed by atoms with Crippen molar-refractivity contribution >= 4 is 27.7 Å². The maximum atomic E-state index is 12.2. The predicted octanol–water partition coefficient (Wildman–Crippen LogP) is 3.24. The number of amides is 2. The third kappa shape index (κ3) is 4.83. The van der Waals surface area contributed by atoms with E-state index >= 15 is 0 Å². The molecule has 0 fully saturated rings. The number of rotatable bonds is 6. The molecule has 1 heterocycles. The fraction of sp³-hybridized carbons (Fsp3) is 0.150. The van der Waals surface area contributed by atoms with Crippen molar-refractivity contribution in [1.82, 2.24) is 20.2 Å². The SMILES string of the molecule is CC(NC(=O)CNC(=O)c1ccccc1Br)c1ccc(-n2ccnc2)cc1. The first-order chi connectivity index (χ1) is 13.0. The lowest BCUT2D eigenvalue weighted by molar-refractivity contribution is -0.120. The Morgan fingerprint density at radius 3 is 2.56 bits per heavy atom. The minimum atomic E-state index is -0.296. The number of halogens is 1. The Morgan fingerprint density at radius 1 is 1.15 bits per heavy atom. The summed E-state index contributed by atoms with van der Waals surface area (Å²) in [5.74, 6) is -0.545. The number of nitrogens with zero attached hydrogens (tertiary/aromatic N) is 2. The van der Waals surface area contributed by atoms with Crippen LogP contribution in [0.25, 0.3) is 5.69 Å². The van der Waals surface area contributed by atoms with E-state index in [0.29, 0.717) is 10.0 Å². The first-order valence-corrected chi connectivity index (χ1v) is 9.24. The van der Waals surface area contributed by atoms with Gasteiger partial charge >= 0.3 is 0 Å². The van der Waals surface area contributed by atoms with Crippen molar-refractivity contribution in [1.29, 1.82) is 0 Å². The van der Waals surface area contributed by atoms with Crippen molar-refractivity contribution in [3.8, 4) is 5.69 Å². The molecule has 0 aliphatic heterocycles. The second-order valence-corrected chi connectivity index (χ2v) is 6.87. The highest BCUT2D eigenvalue weighted by molar-refractivity contribution is 9.10. The fourth-order valence-corrected chi connectivity index (χ4v) is 3.09. The van der Waals surface area contributed by atoms with Gasteiger partial charge < -0.3 is 15.2 Å². The highest BCUT2D eigenvalue weighted by Gasteiger charge is 2.13. The van der Waals surface area contributed by atoms with Gasteiger partial charge in [0.25, 0.3) is 5.91 Å². The topological polar surface area (TPSA) is 76.0 Å². The highest BCUT2D eigenvalue weighted by atomic mass is 79.9. The zero-order chi connectivity index (χ0) is 19.2. The molecule has 138 valence electrons. The number of hydrogen-bond acceptors (Lipinski definition) is 3. The van der Waals surface area contributed by atoms with Crippen LogP contribution in [-0.4, -0.2) is 27.9 Å². The van der Waals surface area contributed by atoms with E-state index in [4.69, 9.17) is 0 Å². The van der Waals surface area contributed by atoms with Crippen LogP contribution in [0.5, 0.6) is 0 Å². The van der Waals surface area contributed by atoms with Gasteiger partial charge in [-0.3, -0.25) is 9.59 Å². The summed E-state index contributed by atoms with van der Waals surface area (Å²) in [4.78, 5) is 28.3. The molecule has 0 aliphatic rings. The first-order valence-electron chi connectivity index (χ1n) is 8.45. The molecule has 7 heteroatoms. The molecule has 2 N–H and O–H groups in total. The Morgan fingerprint density at radius 2 is 1.89 bits per heavy atom. The summed E-state index contributed by atoms with van der Waals surface area (Å²) in [7, 11) is 0. The molecule has 1 atom stereocenters. The number of carbonyl (C=O) groups excluding carboxylic acids is 2. The molecule has 6 nitrogen and oxygen atoms in total. The largest absolute Gasteiger partial charge is 0.348 e. The minimum Gasteiger partial charge on any atom is -0.348 e. The van der Waals surface area contributed by atoms with Crippen molar-refractivity contribution in [2.24, 2.45) is 0 Å². The average Bonchev–Trinajstić information content (AvgIpc) is 3.21. The molecule has 0 bridgehead atoms. The molecule has 1 aromatic heterocycles.